The van der Waals surface area contributed by atoms with Gasteiger partial charge in [-0.2, -0.15) is 0 Å². The Kier molecular flexibility index (Phi) is 5.09. The quantitative estimate of drug-likeness (QED) is 0.509. The molecule has 0 aliphatic heterocycles. The first-order chi connectivity index (χ1) is 11.8. The first-order valence-corrected chi connectivity index (χ1v) is 8.08. The molecule has 0 bridgehead atoms. The molecule has 1 N–H and O–H groups in total. The van der Waals surface area contributed by atoms with E-state index in [2.05, 4.69) is 48.5 Å². The molecule has 0 saturated heterocycles. The standard InChI is InChI=1S/C20H14O.C2H6O/c1-3-9-15(10-4-1)19-17-13-7-8-14-18(17)20(21-19)16-11-5-2-6-12-16;1-2-3/h1-14H;3H,2H2,1H3. The molecule has 3 aromatic carbocycles. The summed E-state index contributed by atoms with van der Waals surface area (Å²) in [6.07, 6.45) is 0. The van der Waals surface area contributed by atoms with Gasteiger partial charge in [0.1, 0.15) is 11.5 Å². The van der Waals surface area contributed by atoms with Crippen LogP contribution >= 0.6 is 0 Å². The molecule has 4 aromatic rings. The molecule has 0 aliphatic rings. The number of hydrogen-bond acceptors (Lipinski definition) is 2. The minimum absolute atomic E-state index is 0.250. The summed E-state index contributed by atoms with van der Waals surface area (Å²) in [4.78, 5) is 0. The second kappa shape index (κ2) is 7.62. The van der Waals surface area contributed by atoms with E-state index in [-0.39, 0.29) is 6.61 Å². The summed E-state index contributed by atoms with van der Waals surface area (Å²) in [6, 6.07) is 28.9. The predicted molar refractivity (Wildman–Crippen MR) is 99.8 cm³/mol. The van der Waals surface area contributed by atoms with Gasteiger partial charge in [0.2, 0.25) is 0 Å². The molecular weight excluding hydrogens is 296 g/mol. The van der Waals surface area contributed by atoms with Gasteiger partial charge in [0.05, 0.1) is 0 Å². The van der Waals surface area contributed by atoms with Crippen molar-refractivity contribution in [3.63, 3.8) is 0 Å². The van der Waals surface area contributed by atoms with Crippen molar-refractivity contribution >= 4 is 10.8 Å². The van der Waals surface area contributed by atoms with Gasteiger partial charge in [-0.15, -0.1) is 0 Å². The largest absolute Gasteiger partial charge is 0.455 e. The van der Waals surface area contributed by atoms with Crippen molar-refractivity contribution in [2.24, 2.45) is 0 Å². The molecule has 1 aromatic heterocycles. The van der Waals surface area contributed by atoms with Gasteiger partial charge in [-0.3, -0.25) is 0 Å². The van der Waals surface area contributed by atoms with Crippen LogP contribution < -0.4 is 0 Å². The highest BCUT2D eigenvalue weighted by Crippen LogP contribution is 2.38. The zero-order valence-electron chi connectivity index (χ0n) is 13.6. The number of hydrogen-bond donors (Lipinski definition) is 1. The smallest absolute Gasteiger partial charge is 0.142 e. The van der Waals surface area contributed by atoms with Crippen molar-refractivity contribution in [3.8, 4) is 22.6 Å². The molecule has 1 heterocycles. The van der Waals surface area contributed by atoms with Crippen LogP contribution in [-0.4, -0.2) is 11.7 Å². The van der Waals surface area contributed by atoms with E-state index in [4.69, 9.17) is 9.52 Å². The van der Waals surface area contributed by atoms with Crippen molar-refractivity contribution in [2.75, 3.05) is 6.61 Å². The lowest BCUT2D eigenvalue weighted by atomic mass is 10.0. The highest BCUT2D eigenvalue weighted by molar-refractivity contribution is 6.02. The Labute approximate surface area is 142 Å². The Bertz CT molecular complexity index is 820. The minimum Gasteiger partial charge on any atom is -0.455 e. The fourth-order valence-electron chi connectivity index (χ4n) is 2.70. The molecule has 2 heteroatoms. The third-order valence-corrected chi connectivity index (χ3v) is 3.69. The number of furan rings is 1. The second-order valence-corrected chi connectivity index (χ2v) is 5.35. The number of rotatable bonds is 2. The van der Waals surface area contributed by atoms with Gasteiger partial charge in [0.25, 0.3) is 0 Å². The predicted octanol–water partition coefficient (Wildman–Crippen LogP) is 5.77. The molecule has 4 rings (SSSR count). The summed E-state index contributed by atoms with van der Waals surface area (Å²) in [6.45, 7) is 1.93. The van der Waals surface area contributed by atoms with Gasteiger partial charge < -0.3 is 9.52 Å². The van der Waals surface area contributed by atoms with Crippen molar-refractivity contribution in [3.05, 3.63) is 84.9 Å². The van der Waals surface area contributed by atoms with E-state index in [0.29, 0.717) is 0 Å². The number of fused-ring (bicyclic) bond motifs is 1. The van der Waals surface area contributed by atoms with Crippen LogP contribution in [0.25, 0.3) is 33.4 Å². The summed E-state index contributed by atoms with van der Waals surface area (Å²) in [5.74, 6) is 1.87. The van der Waals surface area contributed by atoms with E-state index in [1.165, 1.54) is 0 Å². The summed E-state index contributed by atoms with van der Waals surface area (Å²) in [5, 5.41) is 9.88. The Morgan fingerprint density at radius 3 is 1.33 bits per heavy atom. The Morgan fingerprint density at radius 2 is 0.958 bits per heavy atom. The molecule has 0 saturated carbocycles. The Morgan fingerprint density at radius 1 is 0.625 bits per heavy atom. The minimum atomic E-state index is 0.250. The van der Waals surface area contributed by atoms with Crippen LogP contribution in [0, 0.1) is 0 Å². The third kappa shape index (κ3) is 3.24. The van der Waals surface area contributed by atoms with Crippen LogP contribution in [0.1, 0.15) is 6.92 Å². The van der Waals surface area contributed by atoms with Crippen molar-refractivity contribution < 1.29 is 9.52 Å². The highest BCUT2D eigenvalue weighted by atomic mass is 16.3. The normalized spacial score (nSPS) is 10.2. The zero-order valence-corrected chi connectivity index (χ0v) is 13.6. The molecule has 120 valence electrons. The van der Waals surface area contributed by atoms with Crippen LogP contribution in [0.3, 0.4) is 0 Å². The van der Waals surface area contributed by atoms with E-state index >= 15 is 0 Å². The van der Waals surface area contributed by atoms with Crippen LogP contribution in [0.5, 0.6) is 0 Å². The first kappa shape index (κ1) is 16.0. The maximum atomic E-state index is 7.57. The van der Waals surface area contributed by atoms with E-state index in [1.807, 2.05) is 36.4 Å². The van der Waals surface area contributed by atoms with E-state index in [0.717, 1.165) is 33.4 Å². The molecule has 24 heavy (non-hydrogen) atoms. The average molecular weight is 316 g/mol. The number of aliphatic hydroxyl groups is 1. The molecule has 0 spiro atoms. The summed E-state index contributed by atoms with van der Waals surface area (Å²) >= 11 is 0. The van der Waals surface area contributed by atoms with Crippen molar-refractivity contribution in [1.82, 2.24) is 0 Å². The van der Waals surface area contributed by atoms with Crippen LogP contribution in [0.2, 0.25) is 0 Å². The first-order valence-electron chi connectivity index (χ1n) is 8.08. The van der Waals surface area contributed by atoms with E-state index in [9.17, 15) is 0 Å². The fraction of sp³-hybridized carbons (Fsp3) is 0.0909. The fourth-order valence-corrected chi connectivity index (χ4v) is 2.70. The average Bonchev–Trinajstić information content (AvgIpc) is 3.04. The Hall–Kier alpha value is -2.84. The van der Waals surface area contributed by atoms with Gasteiger partial charge in [-0.05, 0) is 6.92 Å². The third-order valence-electron chi connectivity index (χ3n) is 3.69. The summed E-state index contributed by atoms with van der Waals surface area (Å²) in [7, 11) is 0. The second-order valence-electron chi connectivity index (χ2n) is 5.35. The zero-order chi connectivity index (χ0) is 16.8. The lowest BCUT2D eigenvalue weighted by Crippen LogP contribution is -1.73. The summed E-state index contributed by atoms with van der Waals surface area (Å²) in [5.41, 5.74) is 2.21. The van der Waals surface area contributed by atoms with Gasteiger partial charge >= 0.3 is 0 Å². The van der Waals surface area contributed by atoms with Gasteiger partial charge in [-0.1, -0.05) is 84.9 Å². The van der Waals surface area contributed by atoms with Gasteiger partial charge in [-0.25, -0.2) is 0 Å². The van der Waals surface area contributed by atoms with Crippen molar-refractivity contribution in [2.45, 2.75) is 6.92 Å². The maximum Gasteiger partial charge on any atom is 0.142 e. The van der Waals surface area contributed by atoms with Crippen LogP contribution in [-0.2, 0) is 0 Å². The number of benzene rings is 3. The molecule has 0 fully saturated rings. The number of aliphatic hydroxyl groups excluding tert-OH is 1. The van der Waals surface area contributed by atoms with Gasteiger partial charge in [0.15, 0.2) is 0 Å². The topological polar surface area (TPSA) is 33.4 Å². The lowest BCUT2D eigenvalue weighted by molar-refractivity contribution is 0.318. The molecule has 0 radical (unpaired) electrons. The molecule has 2 nitrogen and oxygen atoms in total. The molecular formula is C22H20O2. The SMILES string of the molecule is CCO.c1ccc(-c2oc(-c3ccccc3)c3ccccc23)cc1. The van der Waals surface area contributed by atoms with E-state index in [1.54, 1.807) is 6.92 Å². The molecule has 0 unspecified atom stereocenters. The molecule has 0 aliphatic carbocycles. The lowest BCUT2D eigenvalue weighted by Gasteiger charge is -1.98. The molecule has 0 amide bonds. The summed E-state index contributed by atoms with van der Waals surface area (Å²) < 4.78 is 6.24. The monoisotopic (exact) mass is 316 g/mol. The van der Waals surface area contributed by atoms with Crippen LogP contribution in [0.4, 0.5) is 0 Å². The molecule has 0 atom stereocenters. The van der Waals surface area contributed by atoms with Crippen LogP contribution in [0.15, 0.2) is 89.3 Å². The maximum absolute atomic E-state index is 7.57. The highest BCUT2D eigenvalue weighted by Gasteiger charge is 2.15. The Balaban J connectivity index is 0.000000526. The van der Waals surface area contributed by atoms with Gasteiger partial charge in [0, 0.05) is 28.5 Å². The van der Waals surface area contributed by atoms with Crippen molar-refractivity contribution in [1.29, 1.82) is 0 Å². The van der Waals surface area contributed by atoms with E-state index < -0.39 is 0 Å².